The van der Waals surface area contributed by atoms with Gasteiger partial charge in [0.2, 0.25) is 0 Å². The van der Waals surface area contributed by atoms with Gasteiger partial charge in [0, 0.05) is 49.7 Å². The average Bonchev–Trinajstić information content (AvgIpc) is 3.60. The molecule has 8 rings (SSSR count). The van der Waals surface area contributed by atoms with Gasteiger partial charge in [-0.2, -0.15) is 9.97 Å². The number of phenolic OH excluding ortho intramolecular Hbond substituents is 1. The number of benzene rings is 2. The highest BCUT2D eigenvalue weighted by Crippen LogP contribution is 2.60. The van der Waals surface area contributed by atoms with Crippen molar-refractivity contribution >= 4 is 27.5 Å². The summed E-state index contributed by atoms with van der Waals surface area (Å²) in [5.41, 5.74) is -1.45. The number of hydrogen-bond donors (Lipinski definition) is 2. The Bertz CT molecular complexity index is 1960. The van der Waals surface area contributed by atoms with E-state index >= 15 is 4.39 Å². The Balaban J connectivity index is 1.27. The molecule has 2 N–H and O–H groups in total. The molecule has 1 spiro atoms. The van der Waals surface area contributed by atoms with Gasteiger partial charge in [-0.25, -0.2) is 13.2 Å². The molecule has 2 aromatic heterocycles. The second kappa shape index (κ2) is 10.2. The molecule has 1 aliphatic carbocycles. The minimum absolute atomic E-state index is 0.0618. The molecule has 0 bridgehead atoms. The molecule has 8 nitrogen and oxygen atoms in total. The van der Waals surface area contributed by atoms with Crippen LogP contribution in [-0.4, -0.2) is 80.2 Å². The van der Waals surface area contributed by atoms with Crippen molar-refractivity contribution in [3.8, 4) is 35.4 Å². The first-order chi connectivity index (χ1) is 22.0. The van der Waals surface area contributed by atoms with E-state index in [4.69, 9.17) is 16.1 Å². The molecule has 46 heavy (non-hydrogen) atoms. The number of piperidine rings is 1. The maximum atomic E-state index is 16.8. The maximum Gasteiger partial charge on any atom is 0.319 e. The number of phenols is 1. The highest BCUT2D eigenvalue weighted by atomic mass is 19.1. The number of aliphatic hydroxyl groups is 1. The van der Waals surface area contributed by atoms with Crippen LogP contribution in [0.1, 0.15) is 51.0 Å². The van der Waals surface area contributed by atoms with Crippen LogP contribution in [0.2, 0.25) is 0 Å². The Kier molecular flexibility index (Phi) is 6.48. The number of rotatable bonds is 5. The van der Waals surface area contributed by atoms with E-state index in [1.807, 2.05) is 4.90 Å². The Hall–Kier alpha value is -4.14. The molecular weight excluding hydrogens is 595 g/mol. The Morgan fingerprint density at radius 1 is 1.15 bits per heavy atom. The van der Waals surface area contributed by atoms with Crippen LogP contribution in [0.25, 0.3) is 32.9 Å². The van der Waals surface area contributed by atoms with Gasteiger partial charge >= 0.3 is 6.01 Å². The van der Waals surface area contributed by atoms with E-state index in [1.165, 1.54) is 30.5 Å². The van der Waals surface area contributed by atoms with Crippen molar-refractivity contribution in [3.05, 3.63) is 47.7 Å². The molecule has 238 valence electrons. The molecule has 2 aromatic carbocycles. The van der Waals surface area contributed by atoms with Crippen LogP contribution in [-0.2, 0) is 0 Å². The zero-order valence-corrected chi connectivity index (χ0v) is 25.5. The fourth-order valence-electron chi connectivity index (χ4n) is 8.19. The first kappa shape index (κ1) is 29.3. The van der Waals surface area contributed by atoms with Crippen LogP contribution in [0.3, 0.4) is 0 Å². The summed E-state index contributed by atoms with van der Waals surface area (Å²) in [6, 6.07) is 5.33. The average molecular weight is 630 g/mol. The van der Waals surface area contributed by atoms with Crippen molar-refractivity contribution in [1.29, 1.82) is 0 Å². The number of fused-ring (bicyclic) bond motifs is 3. The van der Waals surface area contributed by atoms with E-state index in [-0.39, 0.29) is 58.1 Å². The van der Waals surface area contributed by atoms with Crippen molar-refractivity contribution in [1.82, 2.24) is 19.9 Å². The second-order valence-corrected chi connectivity index (χ2v) is 14.1. The molecule has 3 aliphatic heterocycles. The number of aromatic hydroxyl groups is 1. The van der Waals surface area contributed by atoms with Gasteiger partial charge in [-0.1, -0.05) is 12.0 Å². The van der Waals surface area contributed by atoms with Gasteiger partial charge < -0.3 is 19.8 Å². The van der Waals surface area contributed by atoms with Crippen molar-refractivity contribution in [2.45, 2.75) is 62.8 Å². The number of halogens is 3. The van der Waals surface area contributed by atoms with E-state index in [9.17, 15) is 19.0 Å². The number of ether oxygens (including phenoxy) is 1. The standard InChI is InChI=1S/C35H34F3N5O3/c1-3-23-26(37)6-5-20-11-22(44)12-24(27(20)23)29-28(38)30-25(14-39-29)31(42-10-4-7-33(2,45)17-42)41-32(40-30)46-19-35-13-21(36)15-43(35)18-34(16-35)8-9-34/h1,5-6,11-12,14,21,44-45H,4,7-10,13,15-19H2,2H3/t21-,33?,35+/m1/s1. The Morgan fingerprint density at radius 3 is 2.74 bits per heavy atom. The van der Waals surface area contributed by atoms with Gasteiger partial charge in [-0.05, 0) is 68.0 Å². The quantitative estimate of drug-likeness (QED) is 0.280. The largest absolute Gasteiger partial charge is 0.508 e. The van der Waals surface area contributed by atoms with Gasteiger partial charge in [0.1, 0.15) is 41.4 Å². The van der Waals surface area contributed by atoms with Crippen LogP contribution in [0.15, 0.2) is 30.5 Å². The third-order valence-corrected chi connectivity index (χ3v) is 10.4. The molecule has 3 atom stereocenters. The number of nitrogens with zero attached hydrogens (tertiary/aromatic N) is 5. The molecule has 1 saturated carbocycles. The molecule has 11 heteroatoms. The zero-order valence-electron chi connectivity index (χ0n) is 25.5. The van der Waals surface area contributed by atoms with Gasteiger partial charge in [0.25, 0.3) is 0 Å². The van der Waals surface area contributed by atoms with Gasteiger partial charge in [0.05, 0.1) is 22.1 Å². The monoisotopic (exact) mass is 629 g/mol. The lowest BCUT2D eigenvalue weighted by Crippen LogP contribution is -2.46. The predicted octanol–water partition coefficient (Wildman–Crippen LogP) is 5.51. The number of anilines is 1. The summed E-state index contributed by atoms with van der Waals surface area (Å²) in [5.74, 6) is 1.07. The topological polar surface area (TPSA) is 94.8 Å². The summed E-state index contributed by atoms with van der Waals surface area (Å²) >= 11 is 0. The molecule has 5 heterocycles. The van der Waals surface area contributed by atoms with E-state index < -0.39 is 28.9 Å². The molecule has 4 aromatic rings. The summed E-state index contributed by atoms with van der Waals surface area (Å²) in [6.45, 7) is 3.97. The summed E-state index contributed by atoms with van der Waals surface area (Å²) in [5, 5.41) is 22.4. The first-order valence-electron chi connectivity index (χ1n) is 15.8. The lowest BCUT2D eigenvalue weighted by molar-refractivity contribution is 0.0447. The van der Waals surface area contributed by atoms with Crippen molar-refractivity contribution in [2.75, 3.05) is 37.7 Å². The molecule has 4 fully saturated rings. The highest BCUT2D eigenvalue weighted by molar-refractivity contribution is 6.03. The van der Waals surface area contributed by atoms with Crippen LogP contribution >= 0.6 is 0 Å². The Morgan fingerprint density at radius 2 is 1.98 bits per heavy atom. The molecule has 0 amide bonds. The number of β-amino-alcohol motifs (C(OH)–C–C–N with tert-alkyl or cyclic N) is 1. The SMILES string of the molecule is C#Cc1c(F)ccc2cc(O)cc(-c3ncc4c(N5CCCC(C)(O)C5)nc(OC[C@@]56C[C@@H](F)CN5CC5(CC5)C6)nc4c3F)c12. The maximum absolute atomic E-state index is 16.8. The smallest absolute Gasteiger partial charge is 0.319 e. The fraction of sp³-hybridized carbons (Fsp3) is 0.457. The molecule has 3 saturated heterocycles. The van der Waals surface area contributed by atoms with Crippen LogP contribution in [0, 0.1) is 29.4 Å². The highest BCUT2D eigenvalue weighted by Gasteiger charge is 2.62. The van der Waals surface area contributed by atoms with E-state index in [0.717, 1.165) is 25.8 Å². The fourth-order valence-corrected chi connectivity index (χ4v) is 8.19. The van der Waals surface area contributed by atoms with E-state index in [1.54, 1.807) is 6.92 Å². The lowest BCUT2D eigenvalue weighted by atomic mass is 9.89. The minimum atomic E-state index is -0.986. The zero-order chi connectivity index (χ0) is 32.0. The van der Waals surface area contributed by atoms with Crippen LogP contribution in [0.5, 0.6) is 11.8 Å². The number of alkyl halides is 1. The normalized spacial score (nSPS) is 27.0. The third kappa shape index (κ3) is 4.73. The van der Waals surface area contributed by atoms with Gasteiger partial charge in [0.15, 0.2) is 5.82 Å². The summed E-state index contributed by atoms with van der Waals surface area (Å²) in [6.07, 6.45) is 10.9. The summed E-state index contributed by atoms with van der Waals surface area (Å²) < 4.78 is 52.6. The minimum Gasteiger partial charge on any atom is -0.508 e. The molecule has 0 radical (unpaired) electrons. The first-order valence-corrected chi connectivity index (χ1v) is 15.8. The van der Waals surface area contributed by atoms with Crippen molar-refractivity contribution in [2.24, 2.45) is 5.41 Å². The third-order valence-electron chi connectivity index (χ3n) is 10.4. The van der Waals surface area contributed by atoms with Gasteiger partial charge in [-0.3, -0.25) is 9.88 Å². The number of hydrogen-bond acceptors (Lipinski definition) is 8. The van der Waals surface area contributed by atoms with Crippen LogP contribution < -0.4 is 9.64 Å². The summed E-state index contributed by atoms with van der Waals surface area (Å²) in [7, 11) is 0. The number of aromatic nitrogens is 3. The van der Waals surface area contributed by atoms with Gasteiger partial charge in [-0.15, -0.1) is 6.42 Å². The molecule has 4 aliphatic rings. The lowest BCUT2D eigenvalue weighted by Gasteiger charge is -2.38. The molecule has 1 unspecified atom stereocenters. The second-order valence-electron chi connectivity index (χ2n) is 14.1. The van der Waals surface area contributed by atoms with Crippen molar-refractivity contribution in [3.63, 3.8) is 0 Å². The number of pyridine rings is 1. The van der Waals surface area contributed by atoms with E-state index in [0.29, 0.717) is 48.9 Å². The van der Waals surface area contributed by atoms with Crippen molar-refractivity contribution < 1.29 is 28.1 Å². The molecular formula is C35H34F3N5O3. The van der Waals surface area contributed by atoms with E-state index in [2.05, 4.69) is 20.8 Å². The Labute approximate surface area is 264 Å². The van der Waals surface area contributed by atoms with Crippen LogP contribution in [0.4, 0.5) is 19.0 Å². The number of terminal acetylenes is 1. The predicted molar refractivity (Wildman–Crippen MR) is 167 cm³/mol. The summed E-state index contributed by atoms with van der Waals surface area (Å²) in [4.78, 5) is 17.8.